The fraction of sp³-hybridized carbons (Fsp3) is 0.647. The molecule has 0 aromatic heterocycles. The Labute approximate surface area is 323 Å². The molecule has 7 amide bonds. The highest BCUT2D eigenvalue weighted by Crippen LogP contribution is 2.27. The molecule has 56 heavy (non-hydrogen) atoms. The Morgan fingerprint density at radius 2 is 1.18 bits per heavy atom. The number of carboxylic acids is 2. The molecule has 1 fully saturated rings. The average molecular weight is 797 g/mol. The van der Waals surface area contributed by atoms with Crippen LogP contribution < -0.4 is 49.5 Å². The number of carbonyl (C=O) groups is 9. The topological polar surface area (TPSA) is 380 Å². The number of hydrogen-bond donors (Lipinski definition) is 11. The lowest BCUT2D eigenvalue weighted by atomic mass is 9.84. The minimum atomic E-state index is -1.73. The van der Waals surface area contributed by atoms with Gasteiger partial charge in [0.05, 0.1) is 6.42 Å². The molecule has 15 N–H and O–H groups in total. The molecule has 0 aromatic carbocycles. The maximum absolute atomic E-state index is 13.7. The molecule has 314 valence electrons. The van der Waals surface area contributed by atoms with Gasteiger partial charge in [-0.25, -0.2) is 4.79 Å². The van der Waals surface area contributed by atoms with Crippen LogP contribution in [0, 0.1) is 5.92 Å². The Kier molecular flexibility index (Phi) is 22.3. The van der Waals surface area contributed by atoms with Crippen LogP contribution in [0.3, 0.4) is 0 Å². The minimum Gasteiger partial charge on any atom is -0.481 e. The van der Waals surface area contributed by atoms with Crippen molar-refractivity contribution in [2.75, 3.05) is 13.2 Å². The lowest BCUT2D eigenvalue weighted by Crippen LogP contribution is -2.59. The molecule has 0 heterocycles. The molecule has 0 bridgehead atoms. The predicted molar refractivity (Wildman–Crippen MR) is 199 cm³/mol. The number of nitrogens with zero attached hydrogens (tertiary/aromatic N) is 1. The number of aliphatic imine (C=N–C) groups is 1. The van der Waals surface area contributed by atoms with Crippen LogP contribution in [-0.4, -0.2) is 113 Å². The number of primary amides is 2. The molecule has 22 nitrogen and oxygen atoms in total. The van der Waals surface area contributed by atoms with Crippen LogP contribution in [0.15, 0.2) is 17.6 Å². The molecule has 5 atom stereocenters. The quantitative estimate of drug-likeness (QED) is 0.0180. The first-order chi connectivity index (χ1) is 26.4. The molecule has 22 heteroatoms. The molecule has 0 aliphatic heterocycles. The third-order valence-corrected chi connectivity index (χ3v) is 8.69. The zero-order valence-electron chi connectivity index (χ0n) is 31.3. The van der Waals surface area contributed by atoms with E-state index >= 15 is 0 Å². The molecule has 0 unspecified atom stereocenters. The van der Waals surface area contributed by atoms with Crippen molar-refractivity contribution in [2.24, 2.45) is 33.8 Å². The zero-order chi connectivity index (χ0) is 42.2. The van der Waals surface area contributed by atoms with Crippen molar-refractivity contribution in [1.29, 1.82) is 0 Å². The predicted octanol–water partition coefficient (Wildman–Crippen LogP) is -2.29. The second-order valence-electron chi connectivity index (χ2n) is 13.3. The highest BCUT2D eigenvalue weighted by Gasteiger charge is 2.34. The highest BCUT2D eigenvalue weighted by molar-refractivity contribution is 5.97. The number of aliphatic carboxylic acids is 2. The number of guanidine groups is 1. The molecule has 1 aliphatic rings. The van der Waals surface area contributed by atoms with Gasteiger partial charge in [-0.2, -0.15) is 0 Å². The maximum Gasteiger partial charge on any atom is 0.408 e. The van der Waals surface area contributed by atoms with Gasteiger partial charge in [0.25, 0.3) is 0 Å². The standard InChI is InChI=1S/C34H56N10O12/c1-2-16-56-34(55)44-21(10-6-7-15-39-33(37)38)29(51)41-22(12-14-27(48)49)30(52)43-24(18-25(35)45)32(54)42-23(17-19-8-4-3-5-9-19)31(53)40-20(28(36)50)11-13-26(46)47/h2,19-24H,1,3-18H2,(H2,35,45)(H2,36,50)(H,40,53)(H,41,51)(H,42,54)(H,43,52)(H,44,55)(H,46,47)(H,48,49)(H4,37,38,39)/t20-,21-,22-,23-,24-/m0/s1. The fourth-order valence-corrected chi connectivity index (χ4v) is 5.83. The zero-order valence-corrected chi connectivity index (χ0v) is 31.3. The van der Waals surface area contributed by atoms with Gasteiger partial charge in [0.15, 0.2) is 5.96 Å². The minimum absolute atomic E-state index is 0.00631. The van der Waals surface area contributed by atoms with E-state index in [1.807, 2.05) is 0 Å². The van der Waals surface area contributed by atoms with Crippen molar-refractivity contribution in [3.63, 3.8) is 0 Å². The number of nitrogens with one attached hydrogen (secondary N) is 5. The Hall–Kier alpha value is -5.96. The number of carbonyl (C=O) groups excluding carboxylic acids is 7. The van der Waals surface area contributed by atoms with Crippen molar-refractivity contribution < 1.29 is 58.1 Å². The van der Waals surface area contributed by atoms with Crippen molar-refractivity contribution >= 4 is 59.4 Å². The second kappa shape index (κ2) is 26.0. The van der Waals surface area contributed by atoms with E-state index in [9.17, 15) is 48.3 Å². The maximum atomic E-state index is 13.7. The summed E-state index contributed by atoms with van der Waals surface area (Å²) in [5.74, 6) is -8.74. The van der Waals surface area contributed by atoms with Gasteiger partial charge in [-0.1, -0.05) is 44.8 Å². The van der Waals surface area contributed by atoms with Crippen molar-refractivity contribution in [3.05, 3.63) is 12.7 Å². The van der Waals surface area contributed by atoms with Gasteiger partial charge in [-0.05, 0) is 44.4 Å². The number of nitrogens with two attached hydrogens (primary N) is 4. The van der Waals surface area contributed by atoms with Gasteiger partial charge in [0, 0.05) is 19.4 Å². The van der Waals surface area contributed by atoms with Crippen molar-refractivity contribution in [3.8, 4) is 0 Å². The molecule has 0 radical (unpaired) electrons. The second-order valence-corrected chi connectivity index (χ2v) is 13.3. The SMILES string of the molecule is C=CCOC(=O)N[C@@H](CCCCN=C(N)N)C(=O)N[C@@H](CCC(=O)O)C(=O)N[C@@H](CC(N)=O)C(=O)N[C@@H](CC1CCCCC1)C(=O)N[C@@H](CCC(=O)O)C(N)=O. The summed E-state index contributed by atoms with van der Waals surface area (Å²) in [7, 11) is 0. The number of carboxylic acid groups (broad SMARTS) is 2. The Balaban J connectivity index is 3.32. The van der Waals surface area contributed by atoms with Gasteiger partial charge < -0.3 is 64.5 Å². The summed E-state index contributed by atoms with van der Waals surface area (Å²) >= 11 is 0. The summed E-state index contributed by atoms with van der Waals surface area (Å²) in [4.78, 5) is 117. The number of unbranched alkanes of at least 4 members (excludes halogenated alkanes) is 1. The van der Waals surface area contributed by atoms with Crippen LogP contribution in [-0.2, 0) is 43.1 Å². The number of ether oxygens (including phenoxy) is 1. The lowest BCUT2D eigenvalue weighted by Gasteiger charge is -2.29. The van der Waals surface area contributed by atoms with Crippen molar-refractivity contribution in [2.45, 2.75) is 120 Å². The van der Waals surface area contributed by atoms with E-state index < -0.39 is 109 Å². The fourth-order valence-electron chi connectivity index (χ4n) is 5.83. The summed E-state index contributed by atoms with van der Waals surface area (Å²) in [6.45, 7) is 3.47. The normalized spacial score (nSPS) is 15.2. The van der Waals surface area contributed by atoms with Crippen LogP contribution in [0.4, 0.5) is 4.79 Å². The summed E-state index contributed by atoms with van der Waals surface area (Å²) in [5, 5.41) is 30.3. The van der Waals surface area contributed by atoms with E-state index in [-0.39, 0.29) is 44.3 Å². The average Bonchev–Trinajstić information content (AvgIpc) is 3.12. The molecule has 1 aliphatic carbocycles. The first kappa shape index (κ1) is 48.1. The van der Waals surface area contributed by atoms with E-state index in [4.69, 9.17) is 32.8 Å². The lowest BCUT2D eigenvalue weighted by molar-refractivity contribution is -0.139. The molecule has 1 rings (SSSR count). The van der Waals surface area contributed by atoms with Crippen LogP contribution in [0.25, 0.3) is 0 Å². The number of amides is 7. The summed E-state index contributed by atoms with van der Waals surface area (Å²) in [6, 6.07) is -7.36. The smallest absolute Gasteiger partial charge is 0.408 e. The Morgan fingerprint density at radius 3 is 1.71 bits per heavy atom. The first-order valence-electron chi connectivity index (χ1n) is 18.3. The summed E-state index contributed by atoms with van der Waals surface area (Å²) < 4.78 is 4.91. The third kappa shape index (κ3) is 20.5. The van der Waals surface area contributed by atoms with Crippen LogP contribution in [0.1, 0.15) is 89.9 Å². The van der Waals surface area contributed by atoms with E-state index in [2.05, 4.69) is 38.2 Å². The Morgan fingerprint density at radius 1 is 0.679 bits per heavy atom. The Bertz CT molecular complexity index is 1430. The molecular weight excluding hydrogens is 740 g/mol. The van der Waals surface area contributed by atoms with E-state index in [0.29, 0.717) is 12.8 Å². The summed E-state index contributed by atoms with van der Waals surface area (Å²) in [6.07, 6.45) is 2.52. The molecule has 0 spiro atoms. The van der Waals surface area contributed by atoms with Gasteiger partial charge in [0.1, 0.15) is 36.8 Å². The largest absolute Gasteiger partial charge is 0.481 e. The molecule has 0 saturated heterocycles. The number of hydrogen-bond acceptors (Lipinski definition) is 11. The van der Waals surface area contributed by atoms with Crippen LogP contribution in [0.2, 0.25) is 0 Å². The van der Waals surface area contributed by atoms with Gasteiger partial charge in [0.2, 0.25) is 35.4 Å². The number of rotatable bonds is 27. The third-order valence-electron chi connectivity index (χ3n) is 8.69. The monoisotopic (exact) mass is 796 g/mol. The highest BCUT2D eigenvalue weighted by atomic mass is 16.5. The molecule has 0 aromatic rings. The van der Waals surface area contributed by atoms with Crippen molar-refractivity contribution in [1.82, 2.24) is 26.6 Å². The van der Waals surface area contributed by atoms with E-state index in [1.54, 1.807) is 0 Å². The molecular formula is C34H56N10O12. The first-order valence-corrected chi connectivity index (χ1v) is 18.3. The van der Waals surface area contributed by atoms with Crippen LogP contribution in [0.5, 0.6) is 0 Å². The van der Waals surface area contributed by atoms with E-state index in [0.717, 1.165) is 32.1 Å². The van der Waals surface area contributed by atoms with Crippen LogP contribution >= 0.6 is 0 Å². The number of alkyl carbamates (subject to hydrolysis) is 1. The van der Waals surface area contributed by atoms with E-state index in [1.165, 1.54) is 6.08 Å². The molecule has 1 saturated carbocycles. The van der Waals surface area contributed by atoms with Gasteiger partial charge >= 0.3 is 18.0 Å². The summed E-state index contributed by atoms with van der Waals surface area (Å²) in [5.41, 5.74) is 21.4. The van der Waals surface area contributed by atoms with Gasteiger partial charge in [-0.3, -0.25) is 43.3 Å². The van der Waals surface area contributed by atoms with Gasteiger partial charge in [-0.15, -0.1) is 0 Å².